The summed E-state index contributed by atoms with van der Waals surface area (Å²) in [6.45, 7) is 5.77. The highest BCUT2D eigenvalue weighted by Crippen LogP contribution is 2.27. The van der Waals surface area contributed by atoms with Crippen LogP contribution < -0.4 is 0 Å². The van der Waals surface area contributed by atoms with Gasteiger partial charge in [0.1, 0.15) is 5.82 Å². The van der Waals surface area contributed by atoms with Crippen LogP contribution in [0.2, 0.25) is 0 Å². The van der Waals surface area contributed by atoms with E-state index in [-0.39, 0.29) is 17.8 Å². The molecule has 0 aliphatic carbocycles. The molecule has 13 heavy (non-hydrogen) atoms. The zero-order chi connectivity index (χ0) is 10.1. The summed E-state index contributed by atoms with van der Waals surface area (Å²) in [5.41, 5.74) is 1.16. The third kappa shape index (κ3) is 2.07. The van der Waals surface area contributed by atoms with Gasteiger partial charge in [-0.2, -0.15) is 0 Å². The van der Waals surface area contributed by atoms with E-state index in [9.17, 15) is 4.39 Å². The highest BCUT2D eigenvalue weighted by molar-refractivity contribution is 5.33. The van der Waals surface area contributed by atoms with Crippen LogP contribution >= 0.6 is 0 Å². The lowest BCUT2D eigenvalue weighted by molar-refractivity contribution is 0.272. The molecule has 1 aromatic carbocycles. The van der Waals surface area contributed by atoms with Crippen LogP contribution in [0.15, 0.2) is 18.2 Å². The van der Waals surface area contributed by atoms with Crippen molar-refractivity contribution in [1.82, 2.24) is 0 Å². The number of rotatable bonds is 1. The average molecular weight is 182 g/mol. The van der Waals surface area contributed by atoms with Crippen molar-refractivity contribution in [3.05, 3.63) is 35.1 Å². The minimum atomic E-state index is -0.324. The van der Waals surface area contributed by atoms with Crippen molar-refractivity contribution in [1.29, 1.82) is 0 Å². The van der Waals surface area contributed by atoms with Gasteiger partial charge in [0.15, 0.2) is 0 Å². The fourth-order valence-electron chi connectivity index (χ4n) is 1.42. The van der Waals surface area contributed by atoms with Gasteiger partial charge in [-0.15, -0.1) is 0 Å². The van der Waals surface area contributed by atoms with Gasteiger partial charge in [-0.25, -0.2) is 4.39 Å². The van der Waals surface area contributed by atoms with E-state index in [4.69, 9.17) is 5.11 Å². The van der Waals surface area contributed by atoms with Crippen LogP contribution in [0.5, 0.6) is 0 Å². The molecule has 0 aliphatic heterocycles. The molecule has 2 heteroatoms. The summed E-state index contributed by atoms with van der Waals surface area (Å²) >= 11 is 0. The molecule has 1 aromatic rings. The molecule has 0 aliphatic rings. The molecule has 72 valence electrons. The summed E-state index contributed by atoms with van der Waals surface area (Å²) in [7, 11) is 0. The Morgan fingerprint density at radius 2 is 1.92 bits per heavy atom. The molecular formula is C11H15FO. The van der Waals surface area contributed by atoms with Crippen molar-refractivity contribution >= 4 is 0 Å². The van der Waals surface area contributed by atoms with Gasteiger partial charge in [-0.05, 0) is 17.0 Å². The predicted octanol–water partition coefficient (Wildman–Crippen LogP) is 2.62. The van der Waals surface area contributed by atoms with Crippen LogP contribution in [-0.4, -0.2) is 5.11 Å². The highest BCUT2D eigenvalue weighted by Gasteiger charge is 2.19. The predicted molar refractivity (Wildman–Crippen MR) is 51.0 cm³/mol. The first-order chi connectivity index (χ1) is 5.96. The number of aliphatic hydroxyl groups excluding tert-OH is 1. The summed E-state index contributed by atoms with van der Waals surface area (Å²) in [4.78, 5) is 0. The molecule has 0 unspecified atom stereocenters. The zero-order valence-electron chi connectivity index (χ0n) is 8.26. The molecular weight excluding hydrogens is 167 g/mol. The van der Waals surface area contributed by atoms with E-state index >= 15 is 0 Å². The Balaban J connectivity index is 3.29. The third-order valence-electron chi connectivity index (χ3n) is 2.08. The van der Waals surface area contributed by atoms with Crippen molar-refractivity contribution in [2.45, 2.75) is 32.8 Å². The molecule has 1 rings (SSSR count). The third-order valence-corrected chi connectivity index (χ3v) is 2.08. The van der Waals surface area contributed by atoms with Crippen molar-refractivity contribution in [3.8, 4) is 0 Å². The van der Waals surface area contributed by atoms with Gasteiger partial charge in [0.2, 0.25) is 0 Å². The first-order valence-electron chi connectivity index (χ1n) is 4.35. The average Bonchev–Trinajstić information content (AvgIpc) is 2.02. The molecule has 0 bridgehead atoms. The standard InChI is InChI=1S/C11H15FO/c1-11(2,3)9-5-4-6-10(12)8(9)7-13/h4-6,13H,7H2,1-3H3. The Morgan fingerprint density at radius 1 is 1.31 bits per heavy atom. The topological polar surface area (TPSA) is 20.2 Å². The van der Waals surface area contributed by atoms with Crippen LogP contribution in [0, 0.1) is 5.82 Å². The molecule has 0 amide bonds. The summed E-state index contributed by atoms with van der Waals surface area (Å²) in [5, 5.41) is 9.02. The summed E-state index contributed by atoms with van der Waals surface area (Å²) in [6, 6.07) is 4.91. The Morgan fingerprint density at radius 3 is 2.31 bits per heavy atom. The summed E-state index contributed by atoms with van der Waals surface area (Å²) in [5.74, 6) is -0.324. The lowest BCUT2D eigenvalue weighted by Gasteiger charge is -2.22. The van der Waals surface area contributed by atoms with Gasteiger partial charge in [-0.1, -0.05) is 32.9 Å². The van der Waals surface area contributed by atoms with Crippen LogP contribution in [0.1, 0.15) is 31.9 Å². The Kier molecular flexibility index (Phi) is 2.71. The maximum atomic E-state index is 13.2. The number of hydrogen-bond donors (Lipinski definition) is 1. The molecule has 0 saturated carbocycles. The van der Waals surface area contributed by atoms with E-state index in [1.54, 1.807) is 6.07 Å². The summed E-state index contributed by atoms with van der Waals surface area (Å²) < 4.78 is 13.2. The maximum absolute atomic E-state index is 13.2. The zero-order valence-corrected chi connectivity index (χ0v) is 8.26. The molecule has 0 saturated heterocycles. The van der Waals surface area contributed by atoms with E-state index in [1.807, 2.05) is 26.8 Å². The normalized spacial score (nSPS) is 11.8. The second kappa shape index (κ2) is 3.46. The fourth-order valence-corrected chi connectivity index (χ4v) is 1.42. The summed E-state index contributed by atoms with van der Waals surface area (Å²) in [6.07, 6.45) is 0. The number of aliphatic hydroxyl groups is 1. The van der Waals surface area contributed by atoms with Crippen LogP contribution in [-0.2, 0) is 12.0 Å². The number of hydrogen-bond acceptors (Lipinski definition) is 1. The molecule has 0 atom stereocenters. The largest absolute Gasteiger partial charge is 0.392 e. The van der Waals surface area contributed by atoms with Crippen LogP contribution in [0.4, 0.5) is 4.39 Å². The first-order valence-corrected chi connectivity index (χ1v) is 4.35. The van der Waals surface area contributed by atoms with Crippen molar-refractivity contribution in [2.24, 2.45) is 0 Å². The van der Waals surface area contributed by atoms with Crippen molar-refractivity contribution in [2.75, 3.05) is 0 Å². The van der Waals surface area contributed by atoms with Crippen LogP contribution in [0.3, 0.4) is 0 Å². The molecule has 0 aromatic heterocycles. The van der Waals surface area contributed by atoms with E-state index < -0.39 is 0 Å². The molecule has 0 spiro atoms. The minimum absolute atomic E-state index is 0.125. The second-order valence-corrected chi connectivity index (χ2v) is 4.17. The highest BCUT2D eigenvalue weighted by atomic mass is 19.1. The quantitative estimate of drug-likeness (QED) is 0.707. The van der Waals surface area contributed by atoms with Gasteiger partial charge in [-0.3, -0.25) is 0 Å². The Bertz CT molecular complexity index is 299. The number of halogens is 1. The monoisotopic (exact) mass is 182 g/mol. The lowest BCUT2D eigenvalue weighted by Crippen LogP contribution is -2.15. The first kappa shape index (κ1) is 10.2. The smallest absolute Gasteiger partial charge is 0.129 e. The Labute approximate surface area is 78.2 Å². The van der Waals surface area contributed by atoms with Crippen LogP contribution in [0.25, 0.3) is 0 Å². The van der Waals surface area contributed by atoms with Gasteiger partial charge in [0, 0.05) is 5.56 Å². The van der Waals surface area contributed by atoms with E-state index in [2.05, 4.69) is 0 Å². The Hall–Kier alpha value is -0.890. The van der Waals surface area contributed by atoms with E-state index in [1.165, 1.54) is 6.07 Å². The van der Waals surface area contributed by atoms with Crippen molar-refractivity contribution < 1.29 is 9.50 Å². The molecule has 0 radical (unpaired) electrons. The van der Waals surface area contributed by atoms with Gasteiger partial charge < -0.3 is 5.11 Å². The van der Waals surface area contributed by atoms with Crippen molar-refractivity contribution in [3.63, 3.8) is 0 Å². The fraction of sp³-hybridized carbons (Fsp3) is 0.455. The lowest BCUT2D eigenvalue weighted by atomic mass is 9.84. The maximum Gasteiger partial charge on any atom is 0.129 e. The minimum Gasteiger partial charge on any atom is -0.392 e. The van der Waals surface area contributed by atoms with Gasteiger partial charge in [0.05, 0.1) is 6.61 Å². The van der Waals surface area contributed by atoms with Gasteiger partial charge in [0.25, 0.3) is 0 Å². The van der Waals surface area contributed by atoms with E-state index in [0.29, 0.717) is 5.56 Å². The molecule has 0 heterocycles. The second-order valence-electron chi connectivity index (χ2n) is 4.17. The molecule has 1 N–H and O–H groups in total. The van der Waals surface area contributed by atoms with Gasteiger partial charge >= 0.3 is 0 Å². The SMILES string of the molecule is CC(C)(C)c1cccc(F)c1CO. The molecule has 0 fully saturated rings. The molecule has 1 nitrogen and oxygen atoms in total. The number of benzene rings is 1. The van der Waals surface area contributed by atoms with E-state index in [0.717, 1.165) is 5.56 Å².